The number of nitrogens with zero attached hydrogens (tertiary/aromatic N) is 2. The third-order valence-electron chi connectivity index (χ3n) is 3.52. The highest BCUT2D eigenvalue weighted by molar-refractivity contribution is 6.31. The van der Waals surface area contributed by atoms with Crippen LogP contribution in [-0.2, 0) is 0 Å². The maximum absolute atomic E-state index is 12.2. The standard InChI is InChI=1S/C17H11ClN4O4/c18-11-6-7-12(15(9-11)22(25)26)16(23)20-21-17(24)14-8-5-10-3-1-2-4-13(10)19-14/h1-9H,(H,20,23)(H,21,24). The number of carbonyl (C=O) groups excluding carboxylic acids is 2. The number of fused-ring (bicyclic) bond motifs is 1. The van der Waals surface area contributed by atoms with Crippen molar-refractivity contribution in [3.8, 4) is 0 Å². The zero-order valence-corrected chi connectivity index (χ0v) is 13.9. The van der Waals surface area contributed by atoms with E-state index in [1.165, 1.54) is 18.2 Å². The number of hydrogen-bond acceptors (Lipinski definition) is 5. The van der Waals surface area contributed by atoms with Crippen molar-refractivity contribution in [2.45, 2.75) is 0 Å². The first kappa shape index (κ1) is 17.3. The van der Waals surface area contributed by atoms with Gasteiger partial charge in [-0.1, -0.05) is 35.9 Å². The number of hydrazine groups is 1. The van der Waals surface area contributed by atoms with Crippen LogP contribution in [0, 0.1) is 10.1 Å². The van der Waals surface area contributed by atoms with E-state index in [4.69, 9.17) is 11.6 Å². The number of pyridine rings is 1. The summed E-state index contributed by atoms with van der Waals surface area (Å²) in [4.78, 5) is 38.8. The number of halogens is 1. The number of carbonyl (C=O) groups is 2. The molecule has 0 saturated carbocycles. The Labute approximate surface area is 151 Å². The second kappa shape index (κ2) is 7.16. The van der Waals surface area contributed by atoms with Crippen molar-refractivity contribution in [1.29, 1.82) is 0 Å². The van der Waals surface area contributed by atoms with Gasteiger partial charge in [-0.05, 0) is 24.3 Å². The van der Waals surface area contributed by atoms with Crippen LogP contribution in [0.1, 0.15) is 20.8 Å². The van der Waals surface area contributed by atoms with E-state index in [2.05, 4.69) is 15.8 Å². The lowest BCUT2D eigenvalue weighted by Gasteiger charge is -2.08. The predicted molar refractivity (Wildman–Crippen MR) is 94.8 cm³/mol. The molecule has 0 aliphatic heterocycles. The highest BCUT2D eigenvalue weighted by Crippen LogP contribution is 2.23. The fourth-order valence-corrected chi connectivity index (χ4v) is 2.45. The van der Waals surface area contributed by atoms with Crippen LogP contribution < -0.4 is 10.9 Å². The summed E-state index contributed by atoms with van der Waals surface area (Å²) < 4.78 is 0. The first-order valence-electron chi connectivity index (χ1n) is 7.36. The number of rotatable bonds is 3. The molecule has 0 atom stereocenters. The maximum atomic E-state index is 12.2. The van der Waals surface area contributed by atoms with Crippen LogP contribution >= 0.6 is 11.6 Å². The van der Waals surface area contributed by atoms with Crippen molar-refractivity contribution in [2.24, 2.45) is 0 Å². The molecule has 2 amide bonds. The molecule has 0 bridgehead atoms. The zero-order valence-electron chi connectivity index (χ0n) is 13.1. The van der Waals surface area contributed by atoms with E-state index in [9.17, 15) is 19.7 Å². The van der Waals surface area contributed by atoms with E-state index in [-0.39, 0.29) is 16.3 Å². The number of nitrogens with one attached hydrogen (secondary N) is 2. The third kappa shape index (κ3) is 3.60. The number of amides is 2. The molecule has 3 rings (SSSR count). The highest BCUT2D eigenvalue weighted by atomic mass is 35.5. The Hall–Kier alpha value is -3.52. The molecule has 0 aliphatic carbocycles. The van der Waals surface area contributed by atoms with Gasteiger partial charge >= 0.3 is 0 Å². The molecule has 26 heavy (non-hydrogen) atoms. The minimum atomic E-state index is -0.845. The van der Waals surface area contributed by atoms with Crippen molar-refractivity contribution in [2.75, 3.05) is 0 Å². The Morgan fingerprint density at radius 2 is 1.73 bits per heavy atom. The van der Waals surface area contributed by atoms with Gasteiger partial charge in [-0.15, -0.1) is 0 Å². The summed E-state index contributed by atoms with van der Waals surface area (Å²) in [7, 11) is 0. The van der Waals surface area contributed by atoms with Gasteiger partial charge in [0.05, 0.1) is 10.4 Å². The van der Waals surface area contributed by atoms with Gasteiger partial charge in [0.15, 0.2) is 0 Å². The summed E-state index contributed by atoms with van der Waals surface area (Å²) in [6.07, 6.45) is 0. The zero-order chi connectivity index (χ0) is 18.7. The van der Waals surface area contributed by atoms with Crippen LogP contribution in [0.15, 0.2) is 54.6 Å². The van der Waals surface area contributed by atoms with Gasteiger partial charge in [-0.3, -0.25) is 30.6 Å². The lowest BCUT2D eigenvalue weighted by Crippen LogP contribution is -2.42. The smallest absolute Gasteiger partial charge is 0.267 e. The molecule has 1 aromatic heterocycles. The van der Waals surface area contributed by atoms with E-state index >= 15 is 0 Å². The van der Waals surface area contributed by atoms with Crippen LogP contribution in [0.4, 0.5) is 5.69 Å². The van der Waals surface area contributed by atoms with E-state index in [1.54, 1.807) is 18.2 Å². The van der Waals surface area contributed by atoms with E-state index in [0.29, 0.717) is 5.52 Å². The topological polar surface area (TPSA) is 114 Å². The molecule has 0 aliphatic rings. The van der Waals surface area contributed by atoms with Crippen LogP contribution in [0.25, 0.3) is 10.9 Å². The number of nitro groups is 1. The van der Waals surface area contributed by atoms with Gasteiger partial charge in [0.2, 0.25) is 0 Å². The molecule has 0 saturated heterocycles. The molecule has 130 valence electrons. The largest absolute Gasteiger partial charge is 0.288 e. The van der Waals surface area contributed by atoms with E-state index in [0.717, 1.165) is 11.5 Å². The second-order valence-corrected chi connectivity index (χ2v) is 5.65. The molecule has 3 aromatic rings. The van der Waals surface area contributed by atoms with Crippen molar-refractivity contribution in [1.82, 2.24) is 15.8 Å². The monoisotopic (exact) mass is 370 g/mol. The van der Waals surface area contributed by atoms with Gasteiger partial charge in [0, 0.05) is 16.5 Å². The lowest BCUT2D eigenvalue weighted by molar-refractivity contribution is -0.385. The van der Waals surface area contributed by atoms with Gasteiger partial charge in [-0.2, -0.15) is 0 Å². The summed E-state index contributed by atoms with van der Waals surface area (Å²) in [5.41, 5.74) is 4.34. The third-order valence-corrected chi connectivity index (χ3v) is 3.76. The Morgan fingerprint density at radius 3 is 2.50 bits per heavy atom. The van der Waals surface area contributed by atoms with Gasteiger partial charge < -0.3 is 0 Å². The first-order valence-corrected chi connectivity index (χ1v) is 7.74. The van der Waals surface area contributed by atoms with Gasteiger partial charge in [0.1, 0.15) is 11.3 Å². The van der Waals surface area contributed by atoms with Crippen molar-refractivity contribution in [3.05, 3.63) is 81.0 Å². The quantitative estimate of drug-likeness (QED) is 0.543. The van der Waals surface area contributed by atoms with Gasteiger partial charge in [0.25, 0.3) is 17.5 Å². The Kier molecular flexibility index (Phi) is 4.76. The van der Waals surface area contributed by atoms with Crippen LogP contribution in [0.3, 0.4) is 0 Å². The highest BCUT2D eigenvalue weighted by Gasteiger charge is 2.21. The predicted octanol–water partition coefficient (Wildman–Crippen LogP) is 2.87. The number of nitro benzene ring substituents is 1. The van der Waals surface area contributed by atoms with Gasteiger partial charge in [-0.25, -0.2) is 4.98 Å². The average Bonchev–Trinajstić information content (AvgIpc) is 2.65. The summed E-state index contributed by atoms with van der Waals surface area (Å²) in [5, 5.41) is 12.0. The van der Waals surface area contributed by atoms with Crippen molar-refractivity contribution >= 4 is 40.0 Å². The Balaban J connectivity index is 1.74. The van der Waals surface area contributed by atoms with E-state index in [1.807, 2.05) is 12.1 Å². The molecular weight excluding hydrogens is 360 g/mol. The molecule has 0 unspecified atom stereocenters. The number of para-hydroxylation sites is 1. The molecule has 0 fully saturated rings. The molecule has 8 nitrogen and oxygen atoms in total. The molecule has 2 aromatic carbocycles. The lowest BCUT2D eigenvalue weighted by atomic mass is 10.1. The molecular formula is C17H11ClN4O4. The summed E-state index contributed by atoms with van der Waals surface area (Å²) in [6, 6.07) is 14.1. The molecule has 0 spiro atoms. The van der Waals surface area contributed by atoms with Crippen LogP contribution in [-0.4, -0.2) is 21.7 Å². The summed E-state index contributed by atoms with van der Waals surface area (Å²) >= 11 is 5.71. The number of aromatic nitrogens is 1. The second-order valence-electron chi connectivity index (χ2n) is 5.22. The maximum Gasteiger partial charge on any atom is 0.288 e. The summed E-state index contributed by atoms with van der Waals surface area (Å²) in [5.74, 6) is -1.50. The SMILES string of the molecule is O=C(NNC(=O)c1ccc(Cl)cc1[N+](=O)[O-])c1ccc2ccccc2n1. The summed E-state index contributed by atoms with van der Waals surface area (Å²) in [6.45, 7) is 0. The normalized spacial score (nSPS) is 10.3. The fourth-order valence-electron chi connectivity index (χ4n) is 2.29. The Morgan fingerprint density at radius 1 is 1.00 bits per heavy atom. The van der Waals surface area contributed by atoms with Crippen molar-refractivity contribution < 1.29 is 14.5 Å². The van der Waals surface area contributed by atoms with E-state index < -0.39 is 22.4 Å². The fraction of sp³-hybridized carbons (Fsp3) is 0. The molecule has 9 heteroatoms. The minimum Gasteiger partial charge on any atom is -0.267 e. The average molecular weight is 371 g/mol. The number of benzene rings is 2. The van der Waals surface area contributed by atoms with Crippen LogP contribution in [0.2, 0.25) is 5.02 Å². The molecule has 0 radical (unpaired) electrons. The first-order chi connectivity index (χ1) is 12.5. The van der Waals surface area contributed by atoms with Crippen molar-refractivity contribution in [3.63, 3.8) is 0 Å². The molecule has 2 N–H and O–H groups in total. The molecule has 1 heterocycles. The number of hydrogen-bond donors (Lipinski definition) is 2. The Bertz CT molecular complexity index is 1040. The minimum absolute atomic E-state index is 0.0922. The van der Waals surface area contributed by atoms with Crippen LogP contribution in [0.5, 0.6) is 0 Å².